The van der Waals surface area contributed by atoms with Gasteiger partial charge < -0.3 is 29.3 Å². The van der Waals surface area contributed by atoms with Gasteiger partial charge in [-0.25, -0.2) is 4.79 Å². The molecule has 0 aliphatic carbocycles. The van der Waals surface area contributed by atoms with Crippen molar-refractivity contribution in [3.05, 3.63) is 22.7 Å². The second kappa shape index (κ2) is 5.40. The van der Waals surface area contributed by atoms with Gasteiger partial charge in [0, 0.05) is 6.20 Å². The fraction of sp³-hybridized carbons (Fsp3) is 0.556. The third-order valence-electron chi connectivity index (χ3n) is 2.67. The zero-order valence-corrected chi connectivity index (χ0v) is 10.7. The molecule has 0 unspecified atom stereocenters. The Hall–Kier alpha value is -1.25. The molecule has 1 fully saturated rings. The zero-order chi connectivity index (χ0) is 14.0. The monoisotopic (exact) mass is 289 g/mol. The Bertz CT molecular complexity index is 555. The Morgan fingerprint density at radius 2 is 2.32 bits per heavy atom. The van der Waals surface area contributed by atoms with Crippen molar-refractivity contribution in [2.75, 3.05) is 12.3 Å². The van der Waals surface area contributed by atoms with Crippen LogP contribution in [0.4, 0.5) is 5.82 Å². The van der Waals surface area contributed by atoms with Gasteiger partial charge in [-0.3, -0.25) is 4.57 Å². The van der Waals surface area contributed by atoms with Gasteiger partial charge in [0.2, 0.25) is 0 Å². The van der Waals surface area contributed by atoms with Crippen molar-refractivity contribution in [3.8, 4) is 0 Å². The number of anilines is 1. The molecule has 1 aromatic heterocycles. The number of phosphoric acid groups is 1. The lowest BCUT2D eigenvalue weighted by Crippen LogP contribution is -2.28. The van der Waals surface area contributed by atoms with E-state index in [1.165, 1.54) is 16.8 Å². The molecular weight excluding hydrogens is 277 g/mol. The normalized spacial score (nSPS) is 23.7. The highest BCUT2D eigenvalue weighted by Crippen LogP contribution is 2.31. The molecule has 19 heavy (non-hydrogen) atoms. The molecule has 10 heteroatoms. The van der Waals surface area contributed by atoms with E-state index in [1.54, 1.807) is 0 Å². The Labute approximate surface area is 108 Å². The predicted octanol–water partition coefficient (Wildman–Crippen LogP) is -1.65. The first-order chi connectivity index (χ1) is 8.85. The molecule has 1 aromatic rings. The molecule has 1 aliphatic rings. The standard InChI is InChI=1S/C9H14N3O6P/c10-7-3-4-12(9(13)11-7)8-2-1-6(18-8)5-17-19(14,15)16/h3-4,6,8H,1-2,5H2,(H2,10,11,13)(H2,14,15,16)/p-2/t6-,8+/m0/s1. The van der Waals surface area contributed by atoms with E-state index in [0.717, 1.165) is 0 Å². The van der Waals surface area contributed by atoms with E-state index in [9.17, 15) is 19.1 Å². The molecule has 1 aliphatic heterocycles. The summed E-state index contributed by atoms with van der Waals surface area (Å²) >= 11 is 0. The molecule has 0 radical (unpaired) electrons. The van der Waals surface area contributed by atoms with Crippen molar-refractivity contribution in [2.45, 2.75) is 25.2 Å². The summed E-state index contributed by atoms with van der Waals surface area (Å²) in [5.41, 5.74) is 4.81. The molecule has 0 aromatic carbocycles. The van der Waals surface area contributed by atoms with Crippen molar-refractivity contribution < 1.29 is 23.6 Å². The fourth-order valence-electron chi connectivity index (χ4n) is 1.83. The summed E-state index contributed by atoms with van der Waals surface area (Å²) < 4.78 is 21.2. The highest BCUT2D eigenvalue weighted by atomic mass is 31.2. The lowest BCUT2D eigenvalue weighted by Gasteiger charge is -2.29. The number of rotatable bonds is 4. The average Bonchev–Trinajstić information content (AvgIpc) is 2.74. The fourth-order valence-corrected chi connectivity index (χ4v) is 2.18. The van der Waals surface area contributed by atoms with Crippen LogP contribution in [-0.4, -0.2) is 22.3 Å². The quantitative estimate of drug-likeness (QED) is 0.649. The van der Waals surface area contributed by atoms with Crippen LogP contribution in [0.3, 0.4) is 0 Å². The predicted molar refractivity (Wildman–Crippen MR) is 59.6 cm³/mol. The van der Waals surface area contributed by atoms with Crippen LogP contribution in [-0.2, 0) is 13.8 Å². The number of ether oxygens (including phenoxy) is 1. The van der Waals surface area contributed by atoms with Crippen LogP contribution in [0.1, 0.15) is 19.1 Å². The van der Waals surface area contributed by atoms with Crippen molar-refractivity contribution in [3.63, 3.8) is 0 Å². The number of nitrogens with zero attached hydrogens (tertiary/aromatic N) is 2. The summed E-state index contributed by atoms with van der Waals surface area (Å²) in [4.78, 5) is 35.8. The first-order valence-corrected chi connectivity index (χ1v) is 6.98. The minimum absolute atomic E-state index is 0.109. The third kappa shape index (κ3) is 3.85. The number of nitrogen functional groups attached to an aromatic ring is 1. The van der Waals surface area contributed by atoms with Gasteiger partial charge in [0.1, 0.15) is 12.0 Å². The number of hydrogen-bond donors (Lipinski definition) is 1. The molecule has 2 atom stereocenters. The molecule has 2 rings (SSSR count). The second-order valence-corrected chi connectivity index (χ2v) is 5.23. The van der Waals surface area contributed by atoms with E-state index in [-0.39, 0.29) is 12.4 Å². The minimum atomic E-state index is -5.00. The molecule has 2 N–H and O–H groups in total. The molecule has 1 saturated heterocycles. The maximum atomic E-state index is 11.6. The van der Waals surface area contributed by atoms with Crippen molar-refractivity contribution in [2.24, 2.45) is 0 Å². The van der Waals surface area contributed by atoms with E-state index in [0.29, 0.717) is 12.8 Å². The van der Waals surface area contributed by atoms with Crippen LogP contribution in [0.25, 0.3) is 0 Å². The maximum Gasteiger partial charge on any atom is 0.351 e. The van der Waals surface area contributed by atoms with Crippen molar-refractivity contribution >= 4 is 13.6 Å². The number of aromatic nitrogens is 2. The van der Waals surface area contributed by atoms with Gasteiger partial charge in [0.05, 0.1) is 20.5 Å². The Kier molecular flexibility index (Phi) is 4.02. The molecule has 106 valence electrons. The summed E-state index contributed by atoms with van der Waals surface area (Å²) in [5.74, 6) is 0.109. The van der Waals surface area contributed by atoms with Crippen LogP contribution in [0, 0.1) is 0 Å². The highest BCUT2D eigenvalue weighted by molar-refractivity contribution is 7.43. The van der Waals surface area contributed by atoms with E-state index < -0.39 is 25.8 Å². The van der Waals surface area contributed by atoms with Crippen LogP contribution in [0.2, 0.25) is 0 Å². The van der Waals surface area contributed by atoms with Gasteiger partial charge in [-0.2, -0.15) is 4.98 Å². The van der Waals surface area contributed by atoms with E-state index >= 15 is 0 Å². The lowest BCUT2D eigenvalue weighted by molar-refractivity contribution is -0.342. The Balaban J connectivity index is 1.98. The summed E-state index contributed by atoms with van der Waals surface area (Å²) in [7, 11) is -5.00. The molecule has 0 saturated carbocycles. The Morgan fingerprint density at radius 1 is 1.58 bits per heavy atom. The number of phosphoric ester groups is 1. The first-order valence-electron chi connectivity index (χ1n) is 5.52. The molecule has 9 nitrogen and oxygen atoms in total. The SMILES string of the molecule is Nc1ccn([C@H]2CC[C@@H](COP(=O)([O-])[O-])O2)c(=O)n1. The van der Waals surface area contributed by atoms with Crippen LogP contribution in [0.15, 0.2) is 17.1 Å². The van der Waals surface area contributed by atoms with E-state index in [1.807, 2.05) is 0 Å². The van der Waals surface area contributed by atoms with Crippen molar-refractivity contribution in [1.82, 2.24) is 9.55 Å². The molecule has 0 bridgehead atoms. The second-order valence-electron chi connectivity index (χ2n) is 4.08. The summed E-state index contributed by atoms with van der Waals surface area (Å²) in [5, 5.41) is 0. The minimum Gasteiger partial charge on any atom is -0.790 e. The molecule has 0 spiro atoms. The van der Waals surface area contributed by atoms with E-state index in [2.05, 4.69) is 9.51 Å². The lowest BCUT2D eigenvalue weighted by atomic mass is 10.2. The molecule has 2 heterocycles. The van der Waals surface area contributed by atoms with Gasteiger partial charge in [-0.15, -0.1) is 0 Å². The third-order valence-corrected chi connectivity index (χ3v) is 3.13. The summed E-state index contributed by atoms with van der Waals surface area (Å²) in [6, 6.07) is 1.46. The molecule has 0 amide bonds. The summed E-state index contributed by atoms with van der Waals surface area (Å²) in [6.45, 7) is -0.349. The molecular formula is C9H12N3O6P-2. The van der Waals surface area contributed by atoms with Gasteiger partial charge in [0.15, 0.2) is 0 Å². The maximum absolute atomic E-state index is 11.6. The van der Waals surface area contributed by atoms with Crippen LogP contribution >= 0.6 is 7.82 Å². The van der Waals surface area contributed by atoms with Gasteiger partial charge in [0.25, 0.3) is 0 Å². The van der Waals surface area contributed by atoms with Crippen LogP contribution < -0.4 is 21.2 Å². The zero-order valence-electron chi connectivity index (χ0n) is 9.80. The van der Waals surface area contributed by atoms with E-state index in [4.69, 9.17) is 10.5 Å². The van der Waals surface area contributed by atoms with Crippen molar-refractivity contribution in [1.29, 1.82) is 0 Å². The number of nitrogens with two attached hydrogens (primary N) is 1. The topological polar surface area (TPSA) is 143 Å². The number of hydrogen-bond acceptors (Lipinski definition) is 8. The average molecular weight is 289 g/mol. The first kappa shape index (κ1) is 14.2. The summed E-state index contributed by atoms with van der Waals surface area (Å²) in [6.07, 6.45) is 1.30. The smallest absolute Gasteiger partial charge is 0.351 e. The Morgan fingerprint density at radius 3 is 2.95 bits per heavy atom. The van der Waals surface area contributed by atoms with Gasteiger partial charge in [-0.05, 0) is 18.9 Å². The largest absolute Gasteiger partial charge is 0.790 e. The van der Waals surface area contributed by atoms with Crippen LogP contribution in [0.5, 0.6) is 0 Å². The van der Waals surface area contributed by atoms with Gasteiger partial charge >= 0.3 is 5.69 Å². The van der Waals surface area contributed by atoms with Gasteiger partial charge in [-0.1, -0.05) is 0 Å². The highest BCUT2D eigenvalue weighted by Gasteiger charge is 2.27.